The van der Waals surface area contributed by atoms with Crippen LogP contribution in [0.4, 0.5) is 4.39 Å². The summed E-state index contributed by atoms with van der Waals surface area (Å²) < 4.78 is 55.2. The maximum absolute atomic E-state index is 13.9. The van der Waals surface area contributed by atoms with Crippen LogP contribution in [0.1, 0.15) is 0 Å². The lowest BCUT2D eigenvalue weighted by Crippen LogP contribution is -2.33. The highest BCUT2D eigenvalue weighted by Crippen LogP contribution is 2.31. The first-order chi connectivity index (χ1) is 10.5. The summed E-state index contributed by atoms with van der Waals surface area (Å²) >= 11 is 0. The standard InChI is InChI=1S/C13H21FN2O5S/c1-19-7-6-15-4-5-16-22(17,18)13-9-12(21-3)11(20-2)8-10(13)14/h8-9,15-16H,4-7H2,1-3H3. The minimum atomic E-state index is -3.97. The predicted octanol–water partition coefficient (Wildman–Crippen LogP) is 0.357. The van der Waals surface area contributed by atoms with Gasteiger partial charge in [0, 0.05) is 38.9 Å². The van der Waals surface area contributed by atoms with Crippen LogP contribution in [-0.2, 0) is 14.8 Å². The summed E-state index contributed by atoms with van der Waals surface area (Å²) in [5, 5.41) is 2.98. The van der Waals surface area contributed by atoms with Crippen LogP contribution in [0.15, 0.2) is 17.0 Å². The van der Waals surface area contributed by atoms with E-state index in [0.717, 1.165) is 12.1 Å². The summed E-state index contributed by atoms with van der Waals surface area (Å²) in [5.41, 5.74) is 0. The molecule has 0 saturated heterocycles. The summed E-state index contributed by atoms with van der Waals surface area (Å²) in [6.45, 7) is 1.65. The molecule has 0 aliphatic carbocycles. The number of ether oxygens (including phenoxy) is 3. The molecule has 0 amide bonds. The largest absolute Gasteiger partial charge is 0.493 e. The van der Waals surface area contributed by atoms with Crippen LogP contribution in [0.5, 0.6) is 11.5 Å². The zero-order chi connectivity index (χ0) is 16.6. The molecule has 1 rings (SSSR count). The SMILES string of the molecule is COCCNCCNS(=O)(=O)c1cc(OC)c(OC)cc1F. The molecule has 0 unspecified atom stereocenters. The number of nitrogens with one attached hydrogen (secondary N) is 2. The Bertz CT molecular complexity index is 580. The third-order valence-corrected chi connectivity index (χ3v) is 4.28. The van der Waals surface area contributed by atoms with Gasteiger partial charge in [0.05, 0.1) is 20.8 Å². The normalized spacial score (nSPS) is 11.5. The molecule has 1 aromatic carbocycles. The summed E-state index contributed by atoms with van der Waals surface area (Å²) in [5.74, 6) is -0.639. The Labute approximate surface area is 129 Å². The zero-order valence-corrected chi connectivity index (χ0v) is 13.6. The van der Waals surface area contributed by atoms with Gasteiger partial charge in [0.15, 0.2) is 11.5 Å². The molecule has 22 heavy (non-hydrogen) atoms. The summed E-state index contributed by atoms with van der Waals surface area (Å²) in [4.78, 5) is -0.484. The summed E-state index contributed by atoms with van der Waals surface area (Å²) in [7, 11) is 0.290. The van der Waals surface area contributed by atoms with E-state index in [0.29, 0.717) is 19.7 Å². The number of halogens is 1. The molecule has 0 saturated carbocycles. The average Bonchev–Trinajstić information content (AvgIpc) is 2.50. The van der Waals surface area contributed by atoms with Crippen molar-refractivity contribution in [3.63, 3.8) is 0 Å². The number of methoxy groups -OCH3 is 3. The second-order valence-electron chi connectivity index (χ2n) is 4.28. The van der Waals surface area contributed by atoms with Gasteiger partial charge in [0.1, 0.15) is 10.7 Å². The molecule has 0 fully saturated rings. The van der Waals surface area contributed by atoms with E-state index in [1.54, 1.807) is 7.11 Å². The van der Waals surface area contributed by atoms with Crippen molar-refractivity contribution in [2.24, 2.45) is 0 Å². The van der Waals surface area contributed by atoms with E-state index in [-0.39, 0.29) is 18.0 Å². The van der Waals surface area contributed by atoms with Crippen molar-refractivity contribution >= 4 is 10.0 Å². The van der Waals surface area contributed by atoms with Gasteiger partial charge in [-0.2, -0.15) is 0 Å². The summed E-state index contributed by atoms with van der Waals surface area (Å²) in [6.07, 6.45) is 0. The number of rotatable bonds is 10. The van der Waals surface area contributed by atoms with Crippen LogP contribution in [0.3, 0.4) is 0 Å². The molecule has 1 aromatic rings. The Morgan fingerprint density at radius 3 is 2.27 bits per heavy atom. The van der Waals surface area contributed by atoms with Crippen molar-refractivity contribution in [2.45, 2.75) is 4.90 Å². The number of benzene rings is 1. The lowest BCUT2D eigenvalue weighted by atomic mass is 10.3. The van der Waals surface area contributed by atoms with Crippen molar-refractivity contribution in [2.75, 3.05) is 47.6 Å². The number of hydrogen-bond acceptors (Lipinski definition) is 6. The highest BCUT2D eigenvalue weighted by Gasteiger charge is 2.22. The molecular weight excluding hydrogens is 315 g/mol. The van der Waals surface area contributed by atoms with Gasteiger partial charge in [-0.05, 0) is 0 Å². The van der Waals surface area contributed by atoms with Crippen molar-refractivity contribution in [1.82, 2.24) is 10.0 Å². The highest BCUT2D eigenvalue weighted by molar-refractivity contribution is 7.89. The van der Waals surface area contributed by atoms with Crippen LogP contribution < -0.4 is 19.5 Å². The van der Waals surface area contributed by atoms with Crippen molar-refractivity contribution < 1.29 is 27.0 Å². The van der Waals surface area contributed by atoms with Gasteiger partial charge in [0.25, 0.3) is 0 Å². The molecule has 0 spiro atoms. The Morgan fingerprint density at radius 1 is 1.05 bits per heavy atom. The van der Waals surface area contributed by atoms with E-state index >= 15 is 0 Å². The number of hydrogen-bond donors (Lipinski definition) is 2. The summed E-state index contributed by atoms with van der Waals surface area (Å²) in [6, 6.07) is 2.07. The Morgan fingerprint density at radius 2 is 1.68 bits per heavy atom. The minimum Gasteiger partial charge on any atom is -0.493 e. The second kappa shape index (κ2) is 8.89. The molecule has 0 aromatic heterocycles. The van der Waals surface area contributed by atoms with E-state index in [4.69, 9.17) is 14.2 Å². The lowest BCUT2D eigenvalue weighted by Gasteiger charge is -2.12. The number of sulfonamides is 1. The second-order valence-corrected chi connectivity index (χ2v) is 6.01. The van der Waals surface area contributed by atoms with E-state index in [9.17, 15) is 12.8 Å². The quantitative estimate of drug-likeness (QED) is 0.600. The third-order valence-electron chi connectivity index (χ3n) is 2.80. The van der Waals surface area contributed by atoms with Gasteiger partial charge in [0.2, 0.25) is 10.0 Å². The first-order valence-electron chi connectivity index (χ1n) is 6.57. The van der Waals surface area contributed by atoms with Gasteiger partial charge in [-0.1, -0.05) is 0 Å². The zero-order valence-electron chi connectivity index (χ0n) is 12.8. The molecule has 0 aliphatic heterocycles. The highest BCUT2D eigenvalue weighted by atomic mass is 32.2. The Kier molecular flexibility index (Phi) is 7.52. The van der Waals surface area contributed by atoms with Gasteiger partial charge in [-0.25, -0.2) is 17.5 Å². The minimum absolute atomic E-state index is 0.125. The molecule has 2 N–H and O–H groups in total. The molecule has 0 aliphatic rings. The van der Waals surface area contributed by atoms with Crippen LogP contribution in [-0.4, -0.2) is 56.0 Å². The van der Waals surface area contributed by atoms with Crippen molar-refractivity contribution in [3.05, 3.63) is 17.9 Å². The van der Waals surface area contributed by atoms with E-state index < -0.39 is 20.7 Å². The molecule has 0 atom stereocenters. The molecule has 0 radical (unpaired) electrons. The van der Waals surface area contributed by atoms with Crippen LogP contribution in [0.2, 0.25) is 0 Å². The maximum Gasteiger partial charge on any atom is 0.243 e. The molecular formula is C13H21FN2O5S. The van der Waals surface area contributed by atoms with Crippen LogP contribution in [0, 0.1) is 5.82 Å². The van der Waals surface area contributed by atoms with Crippen LogP contribution >= 0.6 is 0 Å². The Balaban J connectivity index is 2.76. The van der Waals surface area contributed by atoms with E-state index in [1.807, 2.05) is 0 Å². The van der Waals surface area contributed by atoms with Gasteiger partial charge < -0.3 is 19.5 Å². The van der Waals surface area contributed by atoms with Crippen molar-refractivity contribution in [3.8, 4) is 11.5 Å². The Hall–Kier alpha value is -1.42. The first kappa shape index (κ1) is 18.6. The first-order valence-corrected chi connectivity index (χ1v) is 8.05. The molecule has 7 nitrogen and oxygen atoms in total. The molecule has 126 valence electrons. The fraction of sp³-hybridized carbons (Fsp3) is 0.538. The maximum atomic E-state index is 13.9. The topological polar surface area (TPSA) is 85.9 Å². The van der Waals surface area contributed by atoms with E-state index in [2.05, 4.69) is 10.0 Å². The van der Waals surface area contributed by atoms with Gasteiger partial charge in [-0.3, -0.25) is 0 Å². The van der Waals surface area contributed by atoms with Crippen LogP contribution in [0.25, 0.3) is 0 Å². The van der Waals surface area contributed by atoms with E-state index in [1.165, 1.54) is 14.2 Å². The molecule has 0 bridgehead atoms. The fourth-order valence-electron chi connectivity index (χ4n) is 1.69. The molecule has 9 heteroatoms. The predicted molar refractivity (Wildman–Crippen MR) is 79.4 cm³/mol. The lowest BCUT2D eigenvalue weighted by molar-refractivity contribution is 0.199. The monoisotopic (exact) mass is 336 g/mol. The van der Waals surface area contributed by atoms with Gasteiger partial charge in [-0.15, -0.1) is 0 Å². The molecule has 0 heterocycles. The van der Waals surface area contributed by atoms with Crippen molar-refractivity contribution in [1.29, 1.82) is 0 Å². The smallest absolute Gasteiger partial charge is 0.243 e. The third kappa shape index (κ3) is 5.09. The average molecular weight is 336 g/mol. The van der Waals surface area contributed by atoms with Gasteiger partial charge >= 0.3 is 0 Å². The fourth-order valence-corrected chi connectivity index (χ4v) is 2.80.